The summed E-state index contributed by atoms with van der Waals surface area (Å²) in [5.41, 5.74) is 1.75. The molecule has 2 amide bonds. The number of ether oxygens (including phenoxy) is 1. The van der Waals surface area contributed by atoms with Gasteiger partial charge in [-0.15, -0.1) is 11.3 Å². The van der Waals surface area contributed by atoms with Gasteiger partial charge in [0.1, 0.15) is 5.75 Å². The first-order valence-corrected chi connectivity index (χ1v) is 10.3. The maximum Gasteiger partial charge on any atom is 0.260 e. The van der Waals surface area contributed by atoms with Crippen LogP contribution in [0.25, 0.3) is 0 Å². The van der Waals surface area contributed by atoms with Crippen molar-refractivity contribution in [3.05, 3.63) is 82.6 Å². The Labute approximate surface area is 174 Å². The van der Waals surface area contributed by atoms with Crippen LogP contribution in [-0.2, 0) is 22.6 Å². The van der Waals surface area contributed by atoms with Gasteiger partial charge in [0.15, 0.2) is 6.61 Å². The van der Waals surface area contributed by atoms with Crippen molar-refractivity contribution in [3.8, 4) is 5.75 Å². The lowest BCUT2D eigenvalue weighted by molar-refractivity contribution is -0.133. The largest absolute Gasteiger partial charge is 0.482 e. The molecule has 0 radical (unpaired) electrons. The third kappa shape index (κ3) is 6.47. The van der Waals surface area contributed by atoms with Crippen molar-refractivity contribution in [2.45, 2.75) is 19.9 Å². The first-order valence-electron chi connectivity index (χ1n) is 9.45. The molecular weight excluding hydrogens is 384 g/mol. The minimum atomic E-state index is -0.186. The van der Waals surface area contributed by atoms with E-state index in [9.17, 15) is 9.59 Å². The van der Waals surface area contributed by atoms with Gasteiger partial charge in [-0.1, -0.05) is 48.5 Å². The fourth-order valence-electron chi connectivity index (χ4n) is 2.91. The minimum absolute atomic E-state index is 0.0865. The highest BCUT2D eigenvalue weighted by atomic mass is 32.1. The number of anilines is 1. The molecule has 1 aromatic heterocycles. The summed E-state index contributed by atoms with van der Waals surface area (Å²) in [4.78, 5) is 27.2. The summed E-state index contributed by atoms with van der Waals surface area (Å²) in [7, 11) is 0. The van der Waals surface area contributed by atoms with E-state index >= 15 is 0 Å². The molecule has 3 rings (SSSR count). The van der Waals surface area contributed by atoms with Gasteiger partial charge in [-0.05, 0) is 35.6 Å². The van der Waals surface area contributed by atoms with Crippen LogP contribution in [0.4, 0.5) is 5.69 Å². The second-order valence-corrected chi connectivity index (χ2v) is 7.63. The number of amides is 2. The average molecular weight is 409 g/mol. The Morgan fingerprint density at radius 2 is 1.76 bits per heavy atom. The van der Waals surface area contributed by atoms with Crippen LogP contribution in [0.1, 0.15) is 17.4 Å². The molecule has 0 unspecified atom stereocenters. The van der Waals surface area contributed by atoms with Crippen LogP contribution in [0.15, 0.2) is 72.1 Å². The van der Waals surface area contributed by atoms with E-state index in [4.69, 9.17) is 4.74 Å². The maximum atomic E-state index is 12.9. The highest BCUT2D eigenvalue weighted by Crippen LogP contribution is 2.24. The fraction of sp³-hybridized carbons (Fsp3) is 0.217. The predicted molar refractivity (Wildman–Crippen MR) is 116 cm³/mol. The van der Waals surface area contributed by atoms with E-state index in [1.807, 2.05) is 52.7 Å². The molecule has 1 heterocycles. The SMILES string of the molecule is CC(=O)Nc1ccccc1OCC(=O)N(CCc1ccccc1)Cc1cccs1. The van der Waals surface area contributed by atoms with E-state index in [1.165, 1.54) is 12.5 Å². The molecule has 0 bridgehead atoms. The maximum absolute atomic E-state index is 12.9. The summed E-state index contributed by atoms with van der Waals surface area (Å²) < 4.78 is 5.75. The number of thiophene rings is 1. The second-order valence-electron chi connectivity index (χ2n) is 6.60. The molecule has 29 heavy (non-hydrogen) atoms. The van der Waals surface area contributed by atoms with Crippen LogP contribution in [0, 0.1) is 0 Å². The number of benzene rings is 2. The molecule has 0 saturated heterocycles. The smallest absolute Gasteiger partial charge is 0.260 e. The summed E-state index contributed by atoms with van der Waals surface area (Å²) in [6, 6.07) is 21.2. The van der Waals surface area contributed by atoms with Gasteiger partial charge in [0.2, 0.25) is 5.91 Å². The summed E-state index contributed by atoms with van der Waals surface area (Å²) in [5.74, 6) is 0.205. The van der Waals surface area contributed by atoms with Crippen LogP contribution < -0.4 is 10.1 Å². The first kappa shape index (κ1) is 20.6. The Hall–Kier alpha value is -3.12. The van der Waals surface area contributed by atoms with Gasteiger partial charge in [0, 0.05) is 18.3 Å². The molecule has 1 N–H and O–H groups in total. The standard InChI is InChI=1S/C23H24N2O3S/c1-18(26)24-21-11-5-6-12-22(21)28-17-23(27)25(16-20-10-7-15-29-20)14-13-19-8-3-2-4-9-19/h2-12,15H,13-14,16-17H2,1H3,(H,24,26). The van der Waals surface area contributed by atoms with Crippen molar-refractivity contribution in [2.24, 2.45) is 0 Å². The number of nitrogens with zero attached hydrogens (tertiary/aromatic N) is 1. The lowest BCUT2D eigenvalue weighted by atomic mass is 10.1. The van der Waals surface area contributed by atoms with Gasteiger partial charge in [0.25, 0.3) is 5.91 Å². The van der Waals surface area contributed by atoms with Gasteiger partial charge in [-0.25, -0.2) is 0 Å². The van der Waals surface area contributed by atoms with Crippen molar-refractivity contribution in [2.75, 3.05) is 18.5 Å². The summed E-state index contributed by atoms with van der Waals surface area (Å²) in [5, 5.41) is 4.73. The zero-order valence-electron chi connectivity index (χ0n) is 16.3. The summed E-state index contributed by atoms with van der Waals surface area (Å²) >= 11 is 1.63. The normalized spacial score (nSPS) is 10.4. The van der Waals surface area contributed by atoms with Crippen molar-refractivity contribution in [1.82, 2.24) is 4.90 Å². The highest BCUT2D eigenvalue weighted by Gasteiger charge is 2.16. The molecule has 6 heteroatoms. The van der Waals surface area contributed by atoms with Crippen molar-refractivity contribution >= 4 is 28.8 Å². The number of para-hydroxylation sites is 2. The highest BCUT2D eigenvalue weighted by molar-refractivity contribution is 7.09. The van der Waals surface area contributed by atoms with Crippen LogP contribution in [0.3, 0.4) is 0 Å². The van der Waals surface area contributed by atoms with E-state index < -0.39 is 0 Å². The van der Waals surface area contributed by atoms with Gasteiger partial charge in [0.05, 0.1) is 12.2 Å². The molecule has 0 fully saturated rings. The Balaban J connectivity index is 1.65. The Morgan fingerprint density at radius 3 is 2.48 bits per heavy atom. The van der Waals surface area contributed by atoms with Crippen LogP contribution >= 0.6 is 11.3 Å². The number of hydrogen-bond acceptors (Lipinski definition) is 4. The van der Waals surface area contributed by atoms with E-state index in [2.05, 4.69) is 17.4 Å². The van der Waals surface area contributed by atoms with Crippen molar-refractivity contribution in [1.29, 1.82) is 0 Å². The van der Waals surface area contributed by atoms with Gasteiger partial charge >= 0.3 is 0 Å². The quantitative estimate of drug-likeness (QED) is 0.572. The zero-order chi connectivity index (χ0) is 20.5. The Bertz CT molecular complexity index is 926. The van der Waals surface area contributed by atoms with Crippen LogP contribution in [-0.4, -0.2) is 29.9 Å². The molecule has 3 aromatic rings. The molecule has 0 aliphatic carbocycles. The number of rotatable bonds is 9. The number of carbonyl (C=O) groups excluding carboxylic acids is 2. The Morgan fingerprint density at radius 1 is 1.00 bits per heavy atom. The molecule has 0 saturated carbocycles. The molecule has 2 aromatic carbocycles. The molecule has 0 spiro atoms. The van der Waals surface area contributed by atoms with Gasteiger partial charge < -0.3 is 15.0 Å². The average Bonchev–Trinajstić information content (AvgIpc) is 3.24. The molecular formula is C23H24N2O3S. The van der Waals surface area contributed by atoms with E-state index in [1.54, 1.807) is 23.5 Å². The van der Waals surface area contributed by atoms with E-state index in [0.29, 0.717) is 24.5 Å². The Kier molecular flexibility index (Phi) is 7.41. The third-order valence-electron chi connectivity index (χ3n) is 4.34. The minimum Gasteiger partial charge on any atom is -0.482 e. The van der Waals surface area contributed by atoms with Crippen LogP contribution in [0.2, 0.25) is 0 Å². The van der Waals surface area contributed by atoms with Gasteiger partial charge in [-0.2, -0.15) is 0 Å². The van der Waals surface area contributed by atoms with E-state index in [0.717, 1.165) is 11.3 Å². The summed E-state index contributed by atoms with van der Waals surface area (Å²) in [6.45, 7) is 2.52. The number of carbonyl (C=O) groups is 2. The number of hydrogen-bond donors (Lipinski definition) is 1. The lowest BCUT2D eigenvalue weighted by Crippen LogP contribution is -2.36. The monoisotopic (exact) mass is 408 g/mol. The molecule has 5 nitrogen and oxygen atoms in total. The molecule has 0 atom stereocenters. The topological polar surface area (TPSA) is 58.6 Å². The van der Waals surface area contributed by atoms with Crippen molar-refractivity contribution in [3.63, 3.8) is 0 Å². The summed E-state index contributed by atoms with van der Waals surface area (Å²) in [6.07, 6.45) is 0.778. The number of nitrogens with one attached hydrogen (secondary N) is 1. The van der Waals surface area contributed by atoms with Crippen molar-refractivity contribution < 1.29 is 14.3 Å². The molecule has 150 valence electrons. The van der Waals surface area contributed by atoms with Gasteiger partial charge in [-0.3, -0.25) is 9.59 Å². The lowest BCUT2D eigenvalue weighted by Gasteiger charge is -2.23. The predicted octanol–water partition coefficient (Wildman–Crippen LogP) is 4.36. The van der Waals surface area contributed by atoms with E-state index in [-0.39, 0.29) is 18.4 Å². The molecule has 0 aliphatic rings. The first-order chi connectivity index (χ1) is 14.1. The third-order valence-corrected chi connectivity index (χ3v) is 5.20. The molecule has 0 aliphatic heterocycles. The van der Waals surface area contributed by atoms with Crippen LogP contribution in [0.5, 0.6) is 5.75 Å². The fourth-order valence-corrected chi connectivity index (χ4v) is 3.63. The second kappa shape index (κ2) is 10.4. The zero-order valence-corrected chi connectivity index (χ0v) is 17.2.